The summed E-state index contributed by atoms with van der Waals surface area (Å²) in [7, 11) is 0. The summed E-state index contributed by atoms with van der Waals surface area (Å²) < 4.78 is 5.93. The molecule has 4 aromatic rings. The lowest BCUT2D eigenvalue weighted by Gasteiger charge is -2.36. The molecule has 38 heavy (non-hydrogen) atoms. The van der Waals surface area contributed by atoms with E-state index in [0.29, 0.717) is 33.8 Å². The highest BCUT2D eigenvalue weighted by molar-refractivity contribution is 6.31. The van der Waals surface area contributed by atoms with Gasteiger partial charge in [-0.1, -0.05) is 23.7 Å². The number of carbonyl (C=O) groups excluding carboxylic acids is 1. The molecule has 5 heterocycles. The fourth-order valence-corrected chi connectivity index (χ4v) is 5.55. The summed E-state index contributed by atoms with van der Waals surface area (Å²) in [5, 5.41) is 0.532. The molecule has 3 aromatic heterocycles. The van der Waals surface area contributed by atoms with Crippen LogP contribution < -0.4 is 10.5 Å². The molecular weight excluding hydrogens is 502 g/mol. The molecule has 1 aromatic carbocycles. The number of rotatable bonds is 6. The number of ether oxygens (including phenoxy) is 1. The molecule has 0 atom stereocenters. The highest BCUT2D eigenvalue weighted by Gasteiger charge is 2.28. The molecule has 196 valence electrons. The van der Waals surface area contributed by atoms with Crippen molar-refractivity contribution in [1.82, 2.24) is 29.7 Å². The zero-order chi connectivity index (χ0) is 26.1. The summed E-state index contributed by atoms with van der Waals surface area (Å²) in [5.41, 5.74) is 9.85. The van der Waals surface area contributed by atoms with Gasteiger partial charge in [0.05, 0.1) is 10.5 Å². The van der Waals surface area contributed by atoms with Crippen LogP contribution in [0.2, 0.25) is 5.02 Å². The number of piperidine rings is 1. The summed E-state index contributed by atoms with van der Waals surface area (Å²) in [6, 6.07) is 11.9. The summed E-state index contributed by atoms with van der Waals surface area (Å²) >= 11 is 6.00. The number of nitrogen functional groups attached to an aromatic ring is 1. The second kappa shape index (κ2) is 10.6. The minimum atomic E-state index is 0.0949. The van der Waals surface area contributed by atoms with Gasteiger partial charge in [-0.3, -0.25) is 4.79 Å². The van der Waals surface area contributed by atoms with E-state index in [1.54, 1.807) is 18.5 Å². The predicted molar refractivity (Wildman–Crippen MR) is 147 cm³/mol. The Morgan fingerprint density at radius 1 is 1.03 bits per heavy atom. The highest BCUT2D eigenvalue weighted by Crippen LogP contribution is 2.29. The lowest BCUT2D eigenvalue weighted by molar-refractivity contribution is 0.0644. The molecule has 0 spiro atoms. The van der Waals surface area contributed by atoms with Gasteiger partial charge in [0.25, 0.3) is 5.91 Å². The Bertz CT molecular complexity index is 1440. The van der Waals surface area contributed by atoms with Crippen LogP contribution in [0.15, 0.2) is 48.8 Å². The van der Waals surface area contributed by atoms with Crippen molar-refractivity contribution in [1.29, 1.82) is 0 Å². The molecule has 0 aliphatic carbocycles. The van der Waals surface area contributed by atoms with Crippen LogP contribution in [0.1, 0.15) is 41.9 Å². The van der Waals surface area contributed by atoms with Gasteiger partial charge in [0.15, 0.2) is 17.2 Å². The number of hydrogen-bond donors (Lipinski definition) is 2. The molecule has 0 saturated carbocycles. The number of aromatic amines is 1. The van der Waals surface area contributed by atoms with Crippen molar-refractivity contribution in [3.8, 4) is 16.9 Å². The SMILES string of the molecule is Nc1ncc(-c2ccc(C(=O)N3CCC(N4CCCC4)CC3)cc2)cc1OCc1nc2ncc(Cl)cc2[nH]1. The number of nitrogens with one attached hydrogen (secondary N) is 1. The van der Waals surface area contributed by atoms with E-state index < -0.39 is 0 Å². The Morgan fingerprint density at radius 3 is 2.55 bits per heavy atom. The summed E-state index contributed by atoms with van der Waals surface area (Å²) in [6.45, 7) is 4.22. The van der Waals surface area contributed by atoms with Gasteiger partial charge < -0.3 is 25.3 Å². The Hall–Kier alpha value is -3.69. The van der Waals surface area contributed by atoms with Gasteiger partial charge in [0.1, 0.15) is 12.4 Å². The molecule has 0 unspecified atom stereocenters. The van der Waals surface area contributed by atoms with E-state index in [2.05, 4.69) is 24.8 Å². The number of halogens is 1. The number of hydrogen-bond acceptors (Lipinski definition) is 7. The summed E-state index contributed by atoms with van der Waals surface area (Å²) in [5.74, 6) is 1.44. The van der Waals surface area contributed by atoms with E-state index >= 15 is 0 Å². The first-order chi connectivity index (χ1) is 18.5. The summed E-state index contributed by atoms with van der Waals surface area (Å²) in [6.07, 6.45) is 7.98. The molecule has 9 nitrogen and oxygen atoms in total. The quantitative estimate of drug-likeness (QED) is 0.375. The molecule has 3 N–H and O–H groups in total. The van der Waals surface area contributed by atoms with Gasteiger partial charge in [0, 0.05) is 42.7 Å². The van der Waals surface area contributed by atoms with Crippen LogP contribution in [0.5, 0.6) is 5.75 Å². The molecule has 2 aliphatic heterocycles. The molecule has 2 saturated heterocycles. The van der Waals surface area contributed by atoms with Gasteiger partial charge in [-0.2, -0.15) is 0 Å². The first kappa shape index (κ1) is 24.6. The van der Waals surface area contributed by atoms with Crippen molar-refractivity contribution >= 4 is 34.5 Å². The number of benzene rings is 1. The van der Waals surface area contributed by atoms with Crippen LogP contribution in [-0.4, -0.2) is 67.9 Å². The minimum Gasteiger partial charge on any atom is -0.482 e. The van der Waals surface area contributed by atoms with E-state index in [4.69, 9.17) is 22.1 Å². The monoisotopic (exact) mass is 531 g/mol. The number of H-pyrrole nitrogens is 1. The van der Waals surface area contributed by atoms with Crippen molar-refractivity contribution in [2.75, 3.05) is 31.9 Å². The number of carbonyl (C=O) groups is 1. The highest BCUT2D eigenvalue weighted by atomic mass is 35.5. The first-order valence-electron chi connectivity index (χ1n) is 13.1. The van der Waals surface area contributed by atoms with E-state index in [1.807, 2.05) is 35.2 Å². The number of fused-ring (bicyclic) bond motifs is 1. The number of pyridine rings is 2. The predicted octanol–water partition coefficient (Wildman–Crippen LogP) is 4.53. The van der Waals surface area contributed by atoms with E-state index in [9.17, 15) is 4.79 Å². The maximum Gasteiger partial charge on any atom is 0.253 e. The van der Waals surface area contributed by atoms with E-state index in [0.717, 1.165) is 42.6 Å². The topological polar surface area (TPSA) is 113 Å². The molecule has 0 radical (unpaired) electrons. The molecule has 2 aliphatic rings. The first-order valence-corrected chi connectivity index (χ1v) is 13.4. The van der Waals surface area contributed by atoms with Crippen LogP contribution in [-0.2, 0) is 6.61 Å². The van der Waals surface area contributed by atoms with Crippen molar-refractivity contribution in [3.63, 3.8) is 0 Å². The Morgan fingerprint density at radius 2 is 1.79 bits per heavy atom. The van der Waals surface area contributed by atoms with Crippen molar-refractivity contribution < 1.29 is 9.53 Å². The van der Waals surface area contributed by atoms with Gasteiger partial charge in [-0.25, -0.2) is 15.0 Å². The van der Waals surface area contributed by atoms with E-state index in [-0.39, 0.29) is 18.3 Å². The fraction of sp³-hybridized carbons (Fsp3) is 0.357. The lowest BCUT2D eigenvalue weighted by atomic mass is 10.0. The number of nitrogens with zero attached hydrogens (tertiary/aromatic N) is 5. The number of anilines is 1. The molecule has 6 rings (SSSR count). The Labute approximate surface area is 226 Å². The molecule has 0 bridgehead atoms. The van der Waals surface area contributed by atoms with Gasteiger partial charge >= 0.3 is 0 Å². The largest absolute Gasteiger partial charge is 0.482 e. The average molecular weight is 532 g/mol. The third-order valence-corrected chi connectivity index (χ3v) is 7.68. The normalized spacial score (nSPS) is 16.8. The maximum absolute atomic E-state index is 13.1. The third kappa shape index (κ3) is 5.16. The number of likely N-dealkylation sites (tertiary alicyclic amines) is 2. The van der Waals surface area contributed by atoms with Crippen LogP contribution in [0.25, 0.3) is 22.3 Å². The minimum absolute atomic E-state index is 0.0949. The van der Waals surface area contributed by atoms with Crippen LogP contribution in [0, 0.1) is 0 Å². The smallest absolute Gasteiger partial charge is 0.253 e. The third-order valence-electron chi connectivity index (χ3n) is 7.47. The van der Waals surface area contributed by atoms with Gasteiger partial charge in [0.2, 0.25) is 0 Å². The Kier molecular flexibility index (Phi) is 6.86. The maximum atomic E-state index is 13.1. The second-order valence-corrected chi connectivity index (χ2v) is 10.4. The number of aromatic nitrogens is 4. The Balaban J connectivity index is 1.10. The summed E-state index contributed by atoms with van der Waals surface area (Å²) in [4.78, 5) is 33.8. The molecule has 2 fully saturated rings. The number of nitrogens with two attached hydrogens (primary N) is 1. The molecule has 10 heteroatoms. The van der Waals surface area contributed by atoms with Crippen molar-refractivity contribution in [2.24, 2.45) is 0 Å². The lowest BCUT2D eigenvalue weighted by Crippen LogP contribution is -2.45. The molecule has 1 amide bonds. The van der Waals surface area contributed by atoms with Crippen molar-refractivity contribution in [3.05, 3.63) is 65.2 Å². The van der Waals surface area contributed by atoms with Gasteiger partial charge in [-0.15, -0.1) is 0 Å². The van der Waals surface area contributed by atoms with Crippen molar-refractivity contribution in [2.45, 2.75) is 38.3 Å². The second-order valence-electron chi connectivity index (χ2n) is 9.95. The fourth-order valence-electron chi connectivity index (χ4n) is 5.40. The zero-order valence-electron chi connectivity index (χ0n) is 21.1. The van der Waals surface area contributed by atoms with Crippen LogP contribution in [0.4, 0.5) is 5.82 Å². The number of amides is 1. The molecular formula is C28H30ClN7O2. The van der Waals surface area contributed by atoms with E-state index in [1.165, 1.54) is 25.9 Å². The standard InChI is InChI=1S/C28H30ClN7O2/c29-21-14-23-27(32-16-21)34-25(33-23)17-38-24-13-20(15-31-26(24)30)18-3-5-19(6-4-18)28(37)36-11-7-22(8-12-36)35-9-1-2-10-35/h3-6,13-16,22H,1-2,7-12,17H2,(H2,30,31)(H,32,33,34). The average Bonchev–Trinajstić information content (AvgIpc) is 3.62. The van der Waals surface area contributed by atoms with Crippen LogP contribution in [0.3, 0.4) is 0 Å². The zero-order valence-corrected chi connectivity index (χ0v) is 21.8. The van der Waals surface area contributed by atoms with Gasteiger partial charge in [-0.05, 0) is 68.6 Å². The van der Waals surface area contributed by atoms with Crippen LogP contribution >= 0.6 is 11.6 Å². The number of imidazole rings is 1.